The molecule has 1 aromatic rings. The summed E-state index contributed by atoms with van der Waals surface area (Å²) in [4.78, 5) is 5.53. The van der Waals surface area contributed by atoms with E-state index in [9.17, 15) is 0 Å². The van der Waals surface area contributed by atoms with Gasteiger partial charge in [0.2, 0.25) is 0 Å². The van der Waals surface area contributed by atoms with Crippen molar-refractivity contribution >= 4 is 11.3 Å². The third-order valence-electron chi connectivity index (χ3n) is 3.34. The highest BCUT2D eigenvalue weighted by Gasteiger charge is 2.20. The molecule has 1 fully saturated rings. The molecule has 2 heterocycles. The van der Waals surface area contributed by atoms with Gasteiger partial charge in [-0.1, -0.05) is 0 Å². The maximum atomic E-state index is 3.55. The van der Waals surface area contributed by atoms with Crippen LogP contribution < -0.4 is 5.32 Å². The van der Waals surface area contributed by atoms with E-state index in [-0.39, 0.29) is 0 Å². The van der Waals surface area contributed by atoms with Crippen LogP contribution in [0.1, 0.15) is 36.1 Å². The minimum absolute atomic E-state index is 0.570. The van der Waals surface area contributed by atoms with Gasteiger partial charge in [-0.25, -0.2) is 0 Å². The van der Waals surface area contributed by atoms with Gasteiger partial charge >= 0.3 is 0 Å². The zero-order valence-electron chi connectivity index (χ0n) is 10.5. The van der Waals surface area contributed by atoms with Crippen molar-refractivity contribution in [3.8, 4) is 0 Å². The van der Waals surface area contributed by atoms with Crippen molar-refractivity contribution in [3.05, 3.63) is 21.9 Å². The van der Waals surface area contributed by atoms with Crippen molar-refractivity contribution in [2.24, 2.45) is 0 Å². The molecule has 0 spiro atoms. The lowest BCUT2D eigenvalue weighted by Crippen LogP contribution is -2.36. The number of hydrogen-bond acceptors (Lipinski definition) is 3. The van der Waals surface area contributed by atoms with Crippen molar-refractivity contribution in [1.82, 2.24) is 10.2 Å². The van der Waals surface area contributed by atoms with E-state index in [1.165, 1.54) is 22.7 Å². The topological polar surface area (TPSA) is 15.3 Å². The number of aryl methyl sites for hydroxylation is 1. The molecule has 16 heavy (non-hydrogen) atoms. The smallest absolute Gasteiger partial charge is 0.0414 e. The molecule has 0 aliphatic carbocycles. The van der Waals surface area contributed by atoms with Crippen LogP contribution in [0.4, 0.5) is 0 Å². The molecule has 0 amide bonds. The zero-order valence-corrected chi connectivity index (χ0v) is 11.3. The van der Waals surface area contributed by atoms with Gasteiger partial charge in [0.05, 0.1) is 0 Å². The van der Waals surface area contributed by atoms with Crippen LogP contribution in [0, 0.1) is 6.92 Å². The van der Waals surface area contributed by atoms with Gasteiger partial charge < -0.3 is 5.32 Å². The number of nitrogens with one attached hydrogen (secondary N) is 1. The van der Waals surface area contributed by atoms with Crippen LogP contribution in [0.2, 0.25) is 0 Å². The van der Waals surface area contributed by atoms with Gasteiger partial charge in [0.1, 0.15) is 0 Å². The second kappa shape index (κ2) is 5.30. The van der Waals surface area contributed by atoms with Gasteiger partial charge in [-0.2, -0.15) is 0 Å². The number of nitrogens with zero attached hydrogens (tertiary/aromatic N) is 1. The van der Waals surface area contributed by atoms with E-state index < -0.39 is 0 Å². The van der Waals surface area contributed by atoms with E-state index in [4.69, 9.17) is 0 Å². The van der Waals surface area contributed by atoms with Crippen LogP contribution in [0.5, 0.6) is 0 Å². The Morgan fingerprint density at radius 2 is 2.31 bits per heavy atom. The summed E-state index contributed by atoms with van der Waals surface area (Å²) in [6.45, 7) is 10.4. The third-order valence-corrected chi connectivity index (χ3v) is 4.51. The molecule has 2 rings (SSSR count). The molecule has 1 saturated heterocycles. The molecule has 90 valence electrons. The Bertz CT molecular complexity index is 334. The summed E-state index contributed by atoms with van der Waals surface area (Å²) in [5.74, 6) is 0. The molecule has 3 heteroatoms. The maximum absolute atomic E-state index is 3.55. The second-order valence-electron chi connectivity index (χ2n) is 4.83. The van der Waals surface area contributed by atoms with Gasteiger partial charge in [0, 0.05) is 34.9 Å². The van der Waals surface area contributed by atoms with Crippen LogP contribution in [-0.4, -0.2) is 30.6 Å². The highest BCUT2D eigenvalue weighted by atomic mass is 32.1. The highest BCUT2D eigenvalue weighted by molar-refractivity contribution is 7.12. The van der Waals surface area contributed by atoms with Crippen molar-refractivity contribution < 1.29 is 0 Å². The first-order valence-electron chi connectivity index (χ1n) is 6.20. The molecule has 2 nitrogen and oxygen atoms in total. The lowest BCUT2D eigenvalue weighted by molar-refractivity contribution is 0.213. The molecule has 0 aromatic carbocycles. The van der Waals surface area contributed by atoms with Gasteiger partial charge in [0.15, 0.2) is 0 Å². The fraction of sp³-hybridized carbons (Fsp3) is 0.692. The lowest BCUT2D eigenvalue weighted by atomic mass is 10.2. The Morgan fingerprint density at radius 1 is 1.50 bits per heavy atom. The number of rotatable bonds is 2. The van der Waals surface area contributed by atoms with Crippen LogP contribution in [0.15, 0.2) is 12.1 Å². The first-order chi connectivity index (χ1) is 7.66. The molecule has 0 saturated carbocycles. The van der Waals surface area contributed by atoms with E-state index >= 15 is 0 Å². The lowest BCUT2D eigenvalue weighted by Gasteiger charge is -2.28. The minimum atomic E-state index is 0.570. The molecule has 2 atom stereocenters. The minimum Gasteiger partial charge on any atom is -0.313 e. The van der Waals surface area contributed by atoms with E-state index in [0.29, 0.717) is 12.1 Å². The van der Waals surface area contributed by atoms with E-state index in [1.54, 1.807) is 0 Å². The molecule has 2 unspecified atom stereocenters. The van der Waals surface area contributed by atoms with Crippen LogP contribution in [0.25, 0.3) is 0 Å². The first-order valence-corrected chi connectivity index (χ1v) is 7.02. The van der Waals surface area contributed by atoms with E-state index in [1.807, 2.05) is 11.3 Å². The summed E-state index contributed by atoms with van der Waals surface area (Å²) in [6.07, 6.45) is 1.26. The molecule has 1 N–H and O–H groups in total. The van der Waals surface area contributed by atoms with E-state index in [2.05, 4.69) is 43.1 Å². The molecule has 0 radical (unpaired) electrons. The molecule has 0 bridgehead atoms. The van der Waals surface area contributed by atoms with Gasteiger partial charge in [0.25, 0.3) is 0 Å². The van der Waals surface area contributed by atoms with Crippen molar-refractivity contribution in [2.45, 2.75) is 39.3 Å². The summed E-state index contributed by atoms with van der Waals surface area (Å²) in [5.41, 5.74) is 0. The third kappa shape index (κ3) is 2.84. The van der Waals surface area contributed by atoms with Gasteiger partial charge in [-0.3, -0.25) is 4.90 Å². The number of thiophene rings is 1. The first kappa shape index (κ1) is 12.1. The predicted molar refractivity (Wildman–Crippen MR) is 71.1 cm³/mol. The molecular formula is C13H22N2S. The zero-order chi connectivity index (χ0) is 11.5. The summed E-state index contributed by atoms with van der Waals surface area (Å²) in [5, 5.41) is 3.55. The molecule has 1 aliphatic rings. The summed E-state index contributed by atoms with van der Waals surface area (Å²) in [7, 11) is 0. The Balaban J connectivity index is 2.05. The standard InChI is InChI=1S/C13H22N2S/c1-10-9-15(8-4-7-14-10)12(3)13-6-5-11(2)16-13/h5-6,10,12,14H,4,7-9H2,1-3H3. The molecular weight excluding hydrogens is 216 g/mol. The van der Waals surface area contributed by atoms with E-state index in [0.717, 1.165) is 13.1 Å². The molecule has 1 aliphatic heterocycles. The van der Waals surface area contributed by atoms with Crippen molar-refractivity contribution in [3.63, 3.8) is 0 Å². The normalized spacial score (nSPS) is 25.3. The summed E-state index contributed by atoms with van der Waals surface area (Å²) in [6, 6.07) is 5.70. The van der Waals surface area contributed by atoms with Crippen molar-refractivity contribution in [1.29, 1.82) is 0 Å². The number of hydrogen-bond donors (Lipinski definition) is 1. The van der Waals surface area contributed by atoms with Crippen LogP contribution in [-0.2, 0) is 0 Å². The summed E-state index contributed by atoms with van der Waals surface area (Å²) >= 11 is 1.94. The Hall–Kier alpha value is -0.380. The van der Waals surface area contributed by atoms with Crippen molar-refractivity contribution in [2.75, 3.05) is 19.6 Å². The average Bonchev–Trinajstić information content (AvgIpc) is 2.56. The highest BCUT2D eigenvalue weighted by Crippen LogP contribution is 2.27. The summed E-state index contributed by atoms with van der Waals surface area (Å²) < 4.78 is 0. The second-order valence-corrected chi connectivity index (χ2v) is 6.15. The Kier molecular flexibility index (Phi) is 4.00. The molecule has 1 aromatic heterocycles. The predicted octanol–water partition coefficient (Wildman–Crippen LogP) is 2.80. The van der Waals surface area contributed by atoms with Crippen LogP contribution in [0.3, 0.4) is 0 Å². The largest absolute Gasteiger partial charge is 0.313 e. The monoisotopic (exact) mass is 238 g/mol. The average molecular weight is 238 g/mol. The van der Waals surface area contributed by atoms with Gasteiger partial charge in [-0.05, 0) is 45.9 Å². The fourth-order valence-corrected chi connectivity index (χ4v) is 3.31. The maximum Gasteiger partial charge on any atom is 0.0414 e. The Labute approximate surface area is 103 Å². The van der Waals surface area contributed by atoms with Crippen LogP contribution >= 0.6 is 11.3 Å². The van der Waals surface area contributed by atoms with Gasteiger partial charge in [-0.15, -0.1) is 11.3 Å². The SMILES string of the molecule is Cc1ccc(C(C)N2CCCNC(C)C2)s1. The quantitative estimate of drug-likeness (QED) is 0.852. The fourth-order valence-electron chi connectivity index (χ4n) is 2.35. The Morgan fingerprint density at radius 3 is 3.00 bits per heavy atom.